The smallest absolute Gasteiger partial charge is 0.305 e. The van der Waals surface area contributed by atoms with E-state index in [4.69, 9.17) is 4.74 Å². The van der Waals surface area contributed by atoms with E-state index in [0.717, 1.165) is 21.7 Å². The van der Waals surface area contributed by atoms with E-state index in [1.54, 1.807) is 11.3 Å². The van der Waals surface area contributed by atoms with Crippen LogP contribution in [0.4, 0.5) is 0 Å². The molecule has 236 valence electrons. The van der Waals surface area contributed by atoms with Gasteiger partial charge >= 0.3 is 5.97 Å². The van der Waals surface area contributed by atoms with E-state index in [2.05, 4.69) is 20.4 Å². The summed E-state index contributed by atoms with van der Waals surface area (Å²) in [5, 5.41) is 16.2. The summed E-state index contributed by atoms with van der Waals surface area (Å²) in [6, 6.07) is 5.76. The van der Waals surface area contributed by atoms with E-state index >= 15 is 0 Å². The average Bonchev–Trinajstić information content (AvgIpc) is 3.57. The molecule has 2 heterocycles. The number of hydrogen-bond acceptors (Lipinski definition) is 9. The highest BCUT2D eigenvalue weighted by atomic mass is 32.1. The number of aliphatic hydroxyl groups is 1. The number of methoxy groups -OCH3 is 1. The molecule has 1 aromatic carbocycles. The quantitative estimate of drug-likeness (QED) is 0.230. The maximum atomic E-state index is 13.8. The zero-order valence-electron chi connectivity index (χ0n) is 25.8. The number of thiazole rings is 1. The SMILES string of the molecule is COC(=O)CCCCOCC(=O)NC(C(=O)N1CC(O)CC1C(=O)NC(C)c1ccc(-c2scnc2C)cc1)C(C)(C)C. The summed E-state index contributed by atoms with van der Waals surface area (Å²) < 4.78 is 10.0. The highest BCUT2D eigenvalue weighted by Crippen LogP contribution is 2.29. The van der Waals surface area contributed by atoms with Crippen LogP contribution in [0.1, 0.15) is 70.7 Å². The number of benzene rings is 1. The number of nitrogens with zero attached hydrogens (tertiary/aromatic N) is 2. The predicted molar refractivity (Wildman–Crippen MR) is 163 cm³/mol. The molecule has 0 saturated carbocycles. The van der Waals surface area contributed by atoms with Gasteiger partial charge in [-0.2, -0.15) is 0 Å². The van der Waals surface area contributed by atoms with Gasteiger partial charge in [-0.05, 0) is 43.2 Å². The summed E-state index contributed by atoms with van der Waals surface area (Å²) in [7, 11) is 1.33. The van der Waals surface area contributed by atoms with Gasteiger partial charge in [0.2, 0.25) is 17.7 Å². The minimum absolute atomic E-state index is 0.00660. The summed E-state index contributed by atoms with van der Waals surface area (Å²) in [5.74, 6) is -1.57. The summed E-state index contributed by atoms with van der Waals surface area (Å²) in [4.78, 5) is 57.8. The zero-order valence-corrected chi connectivity index (χ0v) is 26.7. The Morgan fingerprint density at radius 3 is 2.44 bits per heavy atom. The lowest BCUT2D eigenvalue weighted by atomic mass is 9.85. The lowest BCUT2D eigenvalue weighted by Crippen LogP contribution is -2.58. The second-order valence-corrected chi connectivity index (χ2v) is 12.8. The van der Waals surface area contributed by atoms with Crippen molar-refractivity contribution >= 4 is 35.0 Å². The normalized spacial score (nSPS) is 18.2. The number of ether oxygens (including phenoxy) is 2. The summed E-state index contributed by atoms with van der Waals surface area (Å²) in [6.07, 6.45) is 0.686. The van der Waals surface area contributed by atoms with Crippen molar-refractivity contribution < 1.29 is 33.8 Å². The van der Waals surface area contributed by atoms with Crippen LogP contribution in [0.15, 0.2) is 29.8 Å². The van der Waals surface area contributed by atoms with Crippen LogP contribution in [0.2, 0.25) is 0 Å². The maximum Gasteiger partial charge on any atom is 0.305 e. The van der Waals surface area contributed by atoms with Crippen molar-refractivity contribution in [2.24, 2.45) is 5.41 Å². The number of hydrogen-bond donors (Lipinski definition) is 3. The average molecular weight is 617 g/mol. The molecule has 1 aliphatic heterocycles. The van der Waals surface area contributed by atoms with Gasteiger partial charge in [0.05, 0.1) is 35.3 Å². The molecule has 0 aliphatic carbocycles. The van der Waals surface area contributed by atoms with Crippen LogP contribution in [0.5, 0.6) is 0 Å². The lowest BCUT2D eigenvalue weighted by molar-refractivity contribution is -0.144. The van der Waals surface area contributed by atoms with Crippen molar-refractivity contribution in [3.05, 3.63) is 41.0 Å². The maximum absolute atomic E-state index is 13.8. The first-order valence-corrected chi connectivity index (χ1v) is 15.4. The molecule has 1 aromatic heterocycles. The van der Waals surface area contributed by atoms with Crippen molar-refractivity contribution in [1.82, 2.24) is 20.5 Å². The van der Waals surface area contributed by atoms with Crippen molar-refractivity contribution in [2.75, 3.05) is 26.9 Å². The third kappa shape index (κ3) is 9.57. The van der Waals surface area contributed by atoms with Gasteiger partial charge in [0.25, 0.3) is 0 Å². The van der Waals surface area contributed by atoms with Crippen molar-refractivity contribution in [3.8, 4) is 10.4 Å². The second-order valence-electron chi connectivity index (χ2n) is 12.0. The molecule has 3 amide bonds. The molecule has 12 heteroatoms. The highest BCUT2D eigenvalue weighted by molar-refractivity contribution is 7.13. The molecule has 4 atom stereocenters. The number of rotatable bonds is 13. The van der Waals surface area contributed by atoms with E-state index in [1.165, 1.54) is 12.0 Å². The zero-order chi connectivity index (χ0) is 31.7. The fourth-order valence-corrected chi connectivity index (χ4v) is 5.77. The van der Waals surface area contributed by atoms with Gasteiger partial charge in [-0.3, -0.25) is 19.2 Å². The number of aryl methyl sites for hydroxylation is 1. The number of carbonyl (C=O) groups is 4. The summed E-state index contributed by atoms with van der Waals surface area (Å²) in [5.41, 5.74) is 4.06. The largest absolute Gasteiger partial charge is 0.469 e. The van der Waals surface area contributed by atoms with Gasteiger partial charge in [-0.1, -0.05) is 45.0 Å². The summed E-state index contributed by atoms with van der Waals surface area (Å²) >= 11 is 1.57. The van der Waals surface area contributed by atoms with Crippen LogP contribution in [0.3, 0.4) is 0 Å². The number of amides is 3. The van der Waals surface area contributed by atoms with Crippen molar-refractivity contribution in [1.29, 1.82) is 0 Å². The molecule has 3 rings (SSSR count). The number of nitrogens with one attached hydrogen (secondary N) is 2. The molecule has 1 fully saturated rings. The first-order chi connectivity index (χ1) is 20.3. The molecule has 11 nitrogen and oxygen atoms in total. The van der Waals surface area contributed by atoms with Crippen LogP contribution in [-0.4, -0.2) is 83.7 Å². The van der Waals surface area contributed by atoms with E-state index in [0.29, 0.717) is 12.8 Å². The first kappa shape index (κ1) is 34.1. The number of β-amino-alcohol motifs (C(OH)–C–C–N with tert-alkyl or cyclic N) is 1. The molecule has 1 saturated heterocycles. The molecule has 4 unspecified atom stereocenters. The molecule has 2 aromatic rings. The molecule has 43 heavy (non-hydrogen) atoms. The first-order valence-electron chi connectivity index (χ1n) is 14.5. The summed E-state index contributed by atoms with van der Waals surface area (Å²) in [6.45, 7) is 9.34. The molecule has 0 bridgehead atoms. The van der Waals surface area contributed by atoms with E-state index in [-0.39, 0.29) is 50.5 Å². The fraction of sp³-hybridized carbons (Fsp3) is 0.581. The number of unbranched alkanes of at least 4 members (excludes halogenated alkanes) is 1. The van der Waals surface area contributed by atoms with E-state index in [1.807, 2.05) is 64.4 Å². The molecule has 0 radical (unpaired) electrons. The highest BCUT2D eigenvalue weighted by Gasteiger charge is 2.44. The van der Waals surface area contributed by atoms with Gasteiger partial charge in [0, 0.05) is 26.0 Å². The number of aromatic nitrogens is 1. The Morgan fingerprint density at radius 1 is 1.14 bits per heavy atom. The Kier molecular flexibility index (Phi) is 12.2. The van der Waals surface area contributed by atoms with Gasteiger partial charge in [0.15, 0.2) is 0 Å². The third-order valence-corrected chi connectivity index (χ3v) is 8.42. The number of aliphatic hydroxyl groups excluding tert-OH is 1. The van der Waals surface area contributed by atoms with Crippen LogP contribution < -0.4 is 10.6 Å². The Morgan fingerprint density at radius 2 is 1.84 bits per heavy atom. The molecular weight excluding hydrogens is 572 g/mol. The van der Waals surface area contributed by atoms with Crippen molar-refractivity contribution in [3.63, 3.8) is 0 Å². The molecule has 3 N–H and O–H groups in total. The van der Waals surface area contributed by atoms with Crippen LogP contribution >= 0.6 is 11.3 Å². The van der Waals surface area contributed by atoms with Gasteiger partial charge in [-0.15, -0.1) is 11.3 Å². The minimum Gasteiger partial charge on any atom is -0.469 e. The van der Waals surface area contributed by atoms with Gasteiger partial charge in [0.1, 0.15) is 18.7 Å². The predicted octanol–water partition coefficient (Wildman–Crippen LogP) is 3.15. The Labute approximate surface area is 257 Å². The van der Waals surface area contributed by atoms with Crippen LogP contribution in [0.25, 0.3) is 10.4 Å². The van der Waals surface area contributed by atoms with E-state index < -0.39 is 35.4 Å². The van der Waals surface area contributed by atoms with Crippen LogP contribution in [-0.2, 0) is 28.7 Å². The van der Waals surface area contributed by atoms with Crippen LogP contribution in [0, 0.1) is 12.3 Å². The number of likely N-dealkylation sites (tertiary alicyclic amines) is 1. The number of esters is 1. The van der Waals surface area contributed by atoms with Crippen molar-refractivity contribution in [2.45, 2.75) is 84.5 Å². The Balaban J connectivity index is 1.60. The van der Waals surface area contributed by atoms with Gasteiger partial charge < -0.3 is 30.1 Å². The second kappa shape index (κ2) is 15.4. The van der Waals surface area contributed by atoms with E-state index in [9.17, 15) is 24.3 Å². The Hall–Kier alpha value is -3.35. The molecular formula is C31H44N4O7S. The standard InChI is InChI=1S/C31H44N4O7S/c1-19(21-10-12-22(13-11-21)27-20(2)32-18-43-27)33-29(39)24-15-23(36)16-35(24)30(40)28(31(3,4)5)34-25(37)17-42-14-8-7-9-26(38)41-6/h10-13,18-19,23-24,28,36H,7-9,14-17H2,1-6H3,(H,33,39)(H,34,37). The van der Waals surface area contributed by atoms with Gasteiger partial charge in [-0.25, -0.2) is 4.98 Å². The monoisotopic (exact) mass is 616 g/mol. The fourth-order valence-electron chi connectivity index (χ4n) is 4.96. The molecule has 0 spiro atoms. The molecule has 1 aliphatic rings. The lowest BCUT2D eigenvalue weighted by Gasteiger charge is -2.35. The third-order valence-electron chi connectivity index (χ3n) is 7.44. The minimum atomic E-state index is -0.941. The Bertz CT molecular complexity index is 1260. The number of carbonyl (C=O) groups excluding carboxylic acids is 4. The topological polar surface area (TPSA) is 147 Å².